The van der Waals surface area contributed by atoms with Crippen LogP contribution in [0.25, 0.3) is 6.08 Å². The number of methoxy groups -OCH3 is 1. The molecule has 1 aromatic rings. The molecule has 2 amide bonds. The Hall–Kier alpha value is -3.23. The van der Waals surface area contributed by atoms with Crippen LogP contribution in [0.2, 0.25) is 0 Å². The summed E-state index contributed by atoms with van der Waals surface area (Å²) in [5.41, 5.74) is 0.637. The summed E-state index contributed by atoms with van der Waals surface area (Å²) < 4.78 is 25.8. The van der Waals surface area contributed by atoms with Gasteiger partial charge in [-0.05, 0) is 23.8 Å². The summed E-state index contributed by atoms with van der Waals surface area (Å²) in [7, 11) is 1.50. The van der Waals surface area contributed by atoms with Gasteiger partial charge in [0.25, 0.3) is 5.91 Å². The van der Waals surface area contributed by atoms with Crippen molar-refractivity contribution in [2.45, 2.75) is 0 Å². The van der Waals surface area contributed by atoms with Gasteiger partial charge < -0.3 is 23.7 Å². The minimum absolute atomic E-state index is 0.143. The highest BCUT2D eigenvalue weighted by molar-refractivity contribution is 5.95. The van der Waals surface area contributed by atoms with Crippen molar-refractivity contribution >= 4 is 24.0 Å². The number of nitrogens with zero attached hydrogens (tertiary/aromatic N) is 1. The molecule has 0 atom stereocenters. The fraction of sp³-hybridized carbons (Fsp3) is 0.353. The number of carbonyl (C=O) groups is 3. The number of hydrogen-bond donors (Lipinski definition) is 0. The standard InChI is InChI=1S/C17H17NO8/c1-22-12-8-11(9-13-16(12)24-7-6-23-13)2-3-15(20)26-10-14(19)18-4-5-25-17(18)21/h2-3,8-9H,4-7,10H2,1H3/b3-2+. The molecule has 0 unspecified atom stereocenters. The molecule has 2 aliphatic heterocycles. The van der Waals surface area contributed by atoms with Gasteiger partial charge >= 0.3 is 12.1 Å². The Morgan fingerprint density at radius 1 is 1.19 bits per heavy atom. The molecule has 0 spiro atoms. The molecule has 9 heteroatoms. The summed E-state index contributed by atoms with van der Waals surface area (Å²) in [4.78, 5) is 35.7. The summed E-state index contributed by atoms with van der Waals surface area (Å²) >= 11 is 0. The van der Waals surface area contributed by atoms with E-state index in [2.05, 4.69) is 4.74 Å². The smallest absolute Gasteiger partial charge is 0.416 e. The third kappa shape index (κ3) is 3.88. The van der Waals surface area contributed by atoms with E-state index in [9.17, 15) is 14.4 Å². The first-order chi connectivity index (χ1) is 12.6. The first-order valence-electron chi connectivity index (χ1n) is 7.88. The molecule has 2 aliphatic rings. The second-order valence-electron chi connectivity index (χ2n) is 5.35. The van der Waals surface area contributed by atoms with Gasteiger partial charge in [-0.3, -0.25) is 4.79 Å². The Morgan fingerprint density at radius 2 is 2.00 bits per heavy atom. The lowest BCUT2D eigenvalue weighted by Crippen LogP contribution is -2.35. The molecule has 0 aliphatic carbocycles. The van der Waals surface area contributed by atoms with E-state index in [0.717, 1.165) is 4.90 Å². The van der Waals surface area contributed by atoms with Gasteiger partial charge in [-0.2, -0.15) is 0 Å². The molecule has 138 valence electrons. The number of amides is 2. The third-order valence-electron chi connectivity index (χ3n) is 3.66. The molecule has 9 nitrogen and oxygen atoms in total. The van der Waals surface area contributed by atoms with E-state index in [1.54, 1.807) is 12.1 Å². The Labute approximate surface area is 149 Å². The topological polar surface area (TPSA) is 101 Å². The van der Waals surface area contributed by atoms with E-state index in [0.29, 0.717) is 36.0 Å². The first-order valence-corrected chi connectivity index (χ1v) is 7.88. The highest BCUT2D eigenvalue weighted by Crippen LogP contribution is 2.40. The lowest BCUT2D eigenvalue weighted by atomic mass is 10.1. The van der Waals surface area contributed by atoms with Gasteiger partial charge in [-0.25, -0.2) is 14.5 Å². The zero-order chi connectivity index (χ0) is 18.5. The second kappa shape index (κ2) is 7.77. The molecule has 1 aromatic carbocycles. The zero-order valence-electron chi connectivity index (χ0n) is 14.1. The van der Waals surface area contributed by atoms with E-state index in [-0.39, 0.29) is 13.2 Å². The van der Waals surface area contributed by atoms with Crippen LogP contribution < -0.4 is 14.2 Å². The van der Waals surface area contributed by atoms with Gasteiger partial charge in [0.1, 0.15) is 19.8 Å². The number of rotatable bonds is 5. The Morgan fingerprint density at radius 3 is 2.73 bits per heavy atom. The van der Waals surface area contributed by atoms with Gasteiger partial charge in [0.15, 0.2) is 18.1 Å². The molecule has 26 heavy (non-hydrogen) atoms. The number of ether oxygens (including phenoxy) is 5. The van der Waals surface area contributed by atoms with Crippen LogP contribution >= 0.6 is 0 Å². The van der Waals surface area contributed by atoms with Gasteiger partial charge in [0, 0.05) is 6.08 Å². The Kier molecular flexibility index (Phi) is 5.26. The van der Waals surface area contributed by atoms with Gasteiger partial charge in [0.2, 0.25) is 5.75 Å². The number of benzene rings is 1. The van der Waals surface area contributed by atoms with Gasteiger partial charge in [-0.15, -0.1) is 0 Å². The average Bonchev–Trinajstić information content (AvgIpc) is 3.09. The largest absolute Gasteiger partial charge is 0.493 e. The maximum Gasteiger partial charge on any atom is 0.416 e. The van der Waals surface area contributed by atoms with Crippen LogP contribution in [-0.4, -0.2) is 63.0 Å². The van der Waals surface area contributed by atoms with E-state index in [1.165, 1.54) is 19.3 Å². The predicted molar refractivity (Wildman–Crippen MR) is 87.0 cm³/mol. The monoisotopic (exact) mass is 363 g/mol. The van der Waals surface area contributed by atoms with Crippen LogP contribution in [0, 0.1) is 0 Å². The summed E-state index contributed by atoms with van der Waals surface area (Å²) in [5.74, 6) is 0.167. The Bertz CT molecular complexity index is 740. The molecular weight excluding hydrogens is 346 g/mol. The molecule has 1 fully saturated rings. The molecule has 0 bridgehead atoms. The van der Waals surface area contributed by atoms with Crippen LogP contribution in [0.15, 0.2) is 18.2 Å². The maximum absolute atomic E-state index is 11.8. The van der Waals surface area contributed by atoms with Crippen LogP contribution in [0.4, 0.5) is 4.79 Å². The number of imide groups is 1. The molecule has 3 rings (SSSR count). The van der Waals surface area contributed by atoms with Crippen LogP contribution in [0.5, 0.6) is 17.2 Å². The molecule has 1 saturated heterocycles. The van der Waals surface area contributed by atoms with Crippen molar-refractivity contribution in [2.75, 3.05) is 40.1 Å². The molecule has 0 radical (unpaired) electrons. The quantitative estimate of drug-likeness (QED) is 0.564. The van der Waals surface area contributed by atoms with Crippen LogP contribution in [0.1, 0.15) is 5.56 Å². The summed E-state index contributed by atoms with van der Waals surface area (Å²) in [6.45, 7) is 0.616. The zero-order valence-corrected chi connectivity index (χ0v) is 14.1. The minimum Gasteiger partial charge on any atom is -0.493 e. The number of fused-ring (bicyclic) bond motifs is 1. The first kappa shape index (κ1) is 17.6. The predicted octanol–water partition coefficient (Wildman–Crippen LogP) is 1.00. The van der Waals surface area contributed by atoms with Crippen LogP contribution in [0.3, 0.4) is 0 Å². The highest BCUT2D eigenvalue weighted by Gasteiger charge is 2.28. The van der Waals surface area contributed by atoms with E-state index >= 15 is 0 Å². The van der Waals surface area contributed by atoms with E-state index in [1.807, 2.05) is 0 Å². The maximum atomic E-state index is 11.8. The molecule has 0 N–H and O–H groups in total. The van der Waals surface area contributed by atoms with Crippen molar-refractivity contribution in [3.05, 3.63) is 23.8 Å². The van der Waals surface area contributed by atoms with E-state index in [4.69, 9.17) is 18.9 Å². The molecular formula is C17H17NO8. The van der Waals surface area contributed by atoms with Crippen molar-refractivity contribution in [1.82, 2.24) is 4.90 Å². The van der Waals surface area contributed by atoms with Crippen LogP contribution in [-0.2, 0) is 19.1 Å². The third-order valence-corrected chi connectivity index (χ3v) is 3.66. The second-order valence-corrected chi connectivity index (χ2v) is 5.35. The lowest BCUT2D eigenvalue weighted by molar-refractivity contribution is -0.146. The number of cyclic esters (lactones) is 1. The van der Waals surface area contributed by atoms with Crippen molar-refractivity contribution in [1.29, 1.82) is 0 Å². The molecule has 0 aromatic heterocycles. The molecule has 0 saturated carbocycles. The van der Waals surface area contributed by atoms with Crippen molar-refractivity contribution in [2.24, 2.45) is 0 Å². The fourth-order valence-corrected chi connectivity index (χ4v) is 2.43. The van der Waals surface area contributed by atoms with Gasteiger partial charge in [0.05, 0.1) is 13.7 Å². The van der Waals surface area contributed by atoms with Crippen molar-refractivity contribution in [3.63, 3.8) is 0 Å². The van der Waals surface area contributed by atoms with Crippen molar-refractivity contribution < 1.29 is 38.1 Å². The minimum atomic E-state index is -0.732. The SMILES string of the molecule is COc1cc(/C=C/C(=O)OCC(=O)N2CCOC2=O)cc2c1OCCO2. The average molecular weight is 363 g/mol. The normalized spacial score (nSPS) is 15.7. The van der Waals surface area contributed by atoms with E-state index < -0.39 is 24.6 Å². The highest BCUT2D eigenvalue weighted by atomic mass is 16.6. The number of hydrogen-bond acceptors (Lipinski definition) is 8. The number of carbonyl (C=O) groups excluding carboxylic acids is 3. The number of esters is 1. The summed E-state index contributed by atoms with van der Waals surface area (Å²) in [5, 5.41) is 0. The molecule has 2 heterocycles. The van der Waals surface area contributed by atoms with Crippen molar-refractivity contribution in [3.8, 4) is 17.2 Å². The Balaban J connectivity index is 1.59. The summed E-state index contributed by atoms with van der Waals surface area (Å²) in [6.07, 6.45) is 1.93. The lowest BCUT2D eigenvalue weighted by Gasteiger charge is -2.20. The van der Waals surface area contributed by atoms with Gasteiger partial charge in [-0.1, -0.05) is 0 Å². The summed E-state index contributed by atoms with van der Waals surface area (Å²) in [6, 6.07) is 3.38. The fourth-order valence-electron chi connectivity index (χ4n) is 2.43.